The highest BCUT2D eigenvalue weighted by atomic mass is 16.5. The number of nitrogens with zero attached hydrogens (tertiary/aromatic N) is 1. The number of carbonyl (C=O) groups excluding carboxylic acids is 1. The Hall–Kier alpha value is -1.62. The van der Waals surface area contributed by atoms with E-state index in [2.05, 4.69) is 10.3 Å². The van der Waals surface area contributed by atoms with Crippen molar-refractivity contribution >= 4 is 11.7 Å². The number of anilines is 1. The first-order valence-corrected chi connectivity index (χ1v) is 5.31. The van der Waals surface area contributed by atoms with E-state index in [0.29, 0.717) is 31.1 Å². The number of carbonyl (C=O) groups is 1. The fourth-order valence-corrected chi connectivity index (χ4v) is 1.16. The number of nitrogen functional groups attached to an aromatic ring is 1. The van der Waals surface area contributed by atoms with Gasteiger partial charge in [0, 0.05) is 26.0 Å². The van der Waals surface area contributed by atoms with Crippen LogP contribution in [0.15, 0.2) is 18.3 Å². The van der Waals surface area contributed by atoms with Gasteiger partial charge in [-0.05, 0) is 25.5 Å². The molecule has 0 aromatic carbocycles. The van der Waals surface area contributed by atoms with Crippen LogP contribution in [0.5, 0.6) is 0 Å². The van der Waals surface area contributed by atoms with Crippen molar-refractivity contribution in [1.29, 1.82) is 0 Å². The molecule has 0 radical (unpaired) electrons. The van der Waals surface area contributed by atoms with Gasteiger partial charge in [0.05, 0.1) is 5.56 Å². The topological polar surface area (TPSA) is 77.2 Å². The first-order valence-electron chi connectivity index (χ1n) is 5.31. The number of hydrogen-bond donors (Lipinski definition) is 2. The maximum atomic E-state index is 11.6. The van der Waals surface area contributed by atoms with Gasteiger partial charge in [0.25, 0.3) is 5.91 Å². The van der Waals surface area contributed by atoms with E-state index in [1.807, 2.05) is 6.92 Å². The number of nitrogens with two attached hydrogens (primary N) is 1. The zero-order valence-electron chi connectivity index (χ0n) is 9.40. The van der Waals surface area contributed by atoms with Crippen molar-refractivity contribution in [1.82, 2.24) is 10.3 Å². The number of pyridine rings is 1. The van der Waals surface area contributed by atoms with Crippen LogP contribution in [0.2, 0.25) is 0 Å². The van der Waals surface area contributed by atoms with Crippen LogP contribution in [0, 0.1) is 0 Å². The van der Waals surface area contributed by atoms with E-state index in [1.54, 1.807) is 12.1 Å². The minimum atomic E-state index is -0.135. The Balaban J connectivity index is 2.27. The quantitative estimate of drug-likeness (QED) is 0.700. The molecule has 0 aliphatic carbocycles. The standard InChI is InChI=1S/C11H17N3O2/c1-2-16-7-3-6-13-11(15)9-4-5-10(12)14-8-9/h4-5,8H,2-3,6-7H2,1H3,(H2,12,14)(H,13,15). The molecule has 1 heterocycles. The van der Waals surface area contributed by atoms with Gasteiger partial charge in [0.15, 0.2) is 0 Å². The van der Waals surface area contributed by atoms with Crippen LogP contribution in [-0.4, -0.2) is 30.6 Å². The van der Waals surface area contributed by atoms with Crippen molar-refractivity contribution in [3.05, 3.63) is 23.9 Å². The Labute approximate surface area is 95.0 Å². The summed E-state index contributed by atoms with van der Waals surface area (Å²) in [6.45, 7) is 3.91. The van der Waals surface area contributed by atoms with E-state index >= 15 is 0 Å². The van der Waals surface area contributed by atoms with Crippen LogP contribution in [-0.2, 0) is 4.74 Å². The fourth-order valence-electron chi connectivity index (χ4n) is 1.16. The van der Waals surface area contributed by atoms with E-state index < -0.39 is 0 Å². The van der Waals surface area contributed by atoms with Crippen molar-refractivity contribution < 1.29 is 9.53 Å². The van der Waals surface area contributed by atoms with Gasteiger partial charge in [-0.15, -0.1) is 0 Å². The minimum absolute atomic E-state index is 0.135. The van der Waals surface area contributed by atoms with Crippen LogP contribution in [0.4, 0.5) is 5.82 Å². The third-order valence-electron chi connectivity index (χ3n) is 2.00. The Morgan fingerprint density at radius 1 is 1.56 bits per heavy atom. The lowest BCUT2D eigenvalue weighted by Crippen LogP contribution is -2.25. The van der Waals surface area contributed by atoms with E-state index in [9.17, 15) is 4.79 Å². The summed E-state index contributed by atoms with van der Waals surface area (Å²) in [5.74, 6) is 0.275. The fraction of sp³-hybridized carbons (Fsp3) is 0.455. The highest BCUT2D eigenvalue weighted by Crippen LogP contribution is 2.00. The van der Waals surface area contributed by atoms with Gasteiger partial charge in [-0.1, -0.05) is 0 Å². The molecule has 1 aromatic rings. The molecule has 0 bridgehead atoms. The van der Waals surface area contributed by atoms with Gasteiger partial charge < -0.3 is 15.8 Å². The molecule has 1 amide bonds. The molecule has 0 unspecified atom stereocenters. The smallest absolute Gasteiger partial charge is 0.252 e. The van der Waals surface area contributed by atoms with E-state index in [0.717, 1.165) is 6.42 Å². The van der Waals surface area contributed by atoms with Gasteiger partial charge in [0.2, 0.25) is 0 Å². The van der Waals surface area contributed by atoms with Crippen molar-refractivity contribution in [2.75, 3.05) is 25.5 Å². The number of amides is 1. The average Bonchev–Trinajstić information content (AvgIpc) is 2.29. The van der Waals surface area contributed by atoms with Crippen LogP contribution < -0.4 is 11.1 Å². The highest BCUT2D eigenvalue weighted by molar-refractivity contribution is 5.93. The highest BCUT2D eigenvalue weighted by Gasteiger charge is 2.04. The van der Waals surface area contributed by atoms with Gasteiger partial charge in [0.1, 0.15) is 5.82 Å². The van der Waals surface area contributed by atoms with E-state index in [4.69, 9.17) is 10.5 Å². The largest absolute Gasteiger partial charge is 0.384 e. The van der Waals surface area contributed by atoms with Crippen LogP contribution >= 0.6 is 0 Å². The predicted molar refractivity (Wildman–Crippen MR) is 62.1 cm³/mol. The number of hydrogen-bond acceptors (Lipinski definition) is 4. The first kappa shape index (κ1) is 12.4. The molecule has 5 heteroatoms. The zero-order valence-corrected chi connectivity index (χ0v) is 9.40. The monoisotopic (exact) mass is 223 g/mol. The Kier molecular flexibility index (Phi) is 5.28. The molecule has 0 saturated carbocycles. The molecule has 0 fully saturated rings. The summed E-state index contributed by atoms with van der Waals surface area (Å²) in [5.41, 5.74) is 5.94. The van der Waals surface area contributed by atoms with Crippen LogP contribution in [0.3, 0.4) is 0 Å². The molecule has 0 aliphatic heterocycles. The lowest BCUT2D eigenvalue weighted by Gasteiger charge is -2.05. The summed E-state index contributed by atoms with van der Waals surface area (Å²) in [4.78, 5) is 15.4. The Morgan fingerprint density at radius 2 is 2.38 bits per heavy atom. The number of rotatable bonds is 6. The van der Waals surface area contributed by atoms with Crippen molar-refractivity contribution in [2.24, 2.45) is 0 Å². The molecule has 1 rings (SSSR count). The van der Waals surface area contributed by atoms with E-state index in [1.165, 1.54) is 6.20 Å². The molecule has 5 nitrogen and oxygen atoms in total. The summed E-state index contributed by atoms with van der Waals surface area (Å²) < 4.78 is 5.16. The van der Waals surface area contributed by atoms with Gasteiger partial charge in [-0.25, -0.2) is 4.98 Å². The second-order valence-electron chi connectivity index (χ2n) is 3.28. The van der Waals surface area contributed by atoms with E-state index in [-0.39, 0.29) is 5.91 Å². The number of ether oxygens (including phenoxy) is 1. The van der Waals surface area contributed by atoms with Crippen LogP contribution in [0.1, 0.15) is 23.7 Å². The van der Waals surface area contributed by atoms with Crippen LogP contribution in [0.25, 0.3) is 0 Å². The minimum Gasteiger partial charge on any atom is -0.384 e. The molecule has 0 spiro atoms. The molecule has 0 saturated heterocycles. The SMILES string of the molecule is CCOCCCNC(=O)c1ccc(N)nc1. The Morgan fingerprint density at radius 3 is 3.00 bits per heavy atom. The molecule has 1 aromatic heterocycles. The van der Waals surface area contributed by atoms with Crippen molar-refractivity contribution in [3.8, 4) is 0 Å². The van der Waals surface area contributed by atoms with Gasteiger partial charge >= 0.3 is 0 Å². The molecular weight excluding hydrogens is 206 g/mol. The summed E-state index contributed by atoms with van der Waals surface area (Å²) in [7, 11) is 0. The molecule has 16 heavy (non-hydrogen) atoms. The molecule has 3 N–H and O–H groups in total. The predicted octanol–water partition coefficient (Wildman–Crippen LogP) is 0.820. The summed E-state index contributed by atoms with van der Waals surface area (Å²) in [6, 6.07) is 3.26. The lowest BCUT2D eigenvalue weighted by atomic mass is 10.2. The summed E-state index contributed by atoms with van der Waals surface area (Å²) >= 11 is 0. The normalized spacial score (nSPS) is 10.1. The number of nitrogens with one attached hydrogen (secondary N) is 1. The lowest BCUT2D eigenvalue weighted by molar-refractivity contribution is 0.0944. The average molecular weight is 223 g/mol. The summed E-state index contributed by atoms with van der Waals surface area (Å²) in [5, 5.41) is 2.78. The molecule has 88 valence electrons. The zero-order chi connectivity index (χ0) is 11.8. The van der Waals surface area contributed by atoms with Gasteiger partial charge in [-0.2, -0.15) is 0 Å². The third-order valence-corrected chi connectivity index (χ3v) is 2.00. The number of aromatic nitrogens is 1. The molecule has 0 atom stereocenters. The summed E-state index contributed by atoms with van der Waals surface area (Å²) in [6.07, 6.45) is 2.27. The van der Waals surface area contributed by atoms with Crippen molar-refractivity contribution in [3.63, 3.8) is 0 Å². The first-order chi connectivity index (χ1) is 7.74. The van der Waals surface area contributed by atoms with Gasteiger partial charge in [-0.3, -0.25) is 4.79 Å². The maximum Gasteiger partial charge on any atom is 0.252 e. The second-order valence-corrected chi connectivity index (χ2v) is 3.28. The molecular formula is C11H17N3O2. The third kappa shape index (κ3) is 4.27. The maximum absolute atomic E-state index is 11.6. The molecule has 0 aliphatic rings. The second kappa shape index (κ2) is 6.79. The Bertz CT molecular complexity index is 325. The van der Waals surface area contributed by atoms with Crippen molar-refractivity contribution in [2.45, 2.75) is 13.3 Å².